The molecule has 0 aromatic heterocycles. The minimum atomic E-state index is -0.917. The number of hydrogen-bond donors (Lipinski definition) is 1. The molecule has 1 nitrogen and oxygen atoms in total. The third-order valence-electron chi connectivity index (χ3n) is 0.930. The topological polar surface area (TPSA) is 20.2 Å². The standard InChI is InChI=1S/C8H8O/c1-4-7(5-2)8(9)6-3/h1,3,5,8-9H,2H3/b7-5+. The van der Waals surface area contributed by atoms with Crippen molar-refractivity contribution < 1.29 is 5.11 Å². The van der Waals surface area contributed by atoms with E-state index in [4.69, 9.17) is 18.0 Å². The van der Waals surface area contributed by atoms with E-state index in [9.17, 15) is 0 Å². The van der Waals surface area contributed by atoms with Crippen molar-refractivity contribution in [2.75, 3.05) is 0 Å². The second-order valence-corrected chi connectivity index (χ2v) is 1.46. The van der Waals surface area contributed by atoms with Crippen LogP contribution in [-0.4, -0.2) is 11.2 Å². The summed E-state index contributed by atoms with van der Waals surface area (Å²) in [5, 5.41) is 8.87. The van der Waals surface area contributed by atoms with Gasteiger partial charge in [-0.2, -0.15) is 0 Å². The van der Waals surface area contributed by atoms with Gasteiger partial charge < -0.3 is 5.11 Å². The Morgan fingerprint density at radius 2 is 2.22 bits per heavy atom. The summed E-state index contributed by atoms with van der Waals surface area (Å²) < 4.78 is 0. The van der Waals surface area contributed by atoms with E-state index in [2.05, 4.69) is 11.8 Å². The molecule has 0 saturated carbocycles. The van der Waals surface area contributed by atoms with Crippen LogP contribution in [-0.2, 0) is 0 Å². The SMILES string of the molecule is C#C/C(=C\C)C(O)C#C. The van der Waals surface area contributed by atoms with Crippen LogP contribution in [0.3, 0.4) is 0 Å². The van der Waals surface area contributed by atoms with Gasteiger partial charge >= 0.3 is 0 Å². The second-order valence-electron chi connectivity index (χ2n) is 1.46. The van der Waals surface area contributed by atoms with Gasteiger partial charge in [0, 0.05) is 5.57 Å². The molecule has 9 heavy (non-hydrogen) atoms. The predicted octanol–water partition coefficient (Wildman–Crippen LogP) is 0.560. The minimum absolute atomic E-state index is 0.442. The molecule has 0 aliphatic carbocycles. The Bertz CT molecular complexity index is 188. The molecule has 0 aliphatic heterocycles. The number of allylic oxidation sites excluding steroid dienone is 1. The molecule has 0 aromatic carbocycles. The number of terminal acetylenes is 2. The number of aliphatic hydroxyl groups excluding tert-OH is 1. The lowest BCUT2D eigenvalue weighted by Crippen LogP contribution is -2.04. The van der Waals surface area contributed by atoms with Crippen LogP contribution in [0.15, 0.2) is 11.6 Å². The Morgan fingerprint density at radius 1 is 1.67 bits per heavy atom. The Balaban J connectivity index is 4.23. The third kappa shape index (κ3) is 2.04. The predicted molar refractivity (Wildman–Crippen MR) is 37.4 cm³/mol. The van der Waals surface area contributed by atoms with Crippen molar-refractivity contribution in [2.45, 2.75) is 13.0 Å². The van der Waals surface area contributed by atoms with Gasteiger partial charge in [-0.05, 0) is 6.92 Å². The normalized spacial score (nSPS) is 13.6. The van der Waals surface area contributed by atoms with E-state index < -0.39 is 6.10 Å². The van der Waals surface area contributed by atoms with Gasteiger partial charge in [-0.25, -0.2) is 0 Å². The van der Waals surface area contributed by atoms with Crippen LogP contribution in [0.4, 0.5) is 0 Å². The van der Waals surface area contributed by atoms with Gasteiger partial charge in [-0.1, -0.05) is 17.9 Å². The van der Waals surface area contributed by atoms with Crippen molar-refractivity contribution in [3.63, 3.8) is 0 Å². The number of hydrogen-bond acceptors (Lipinski definition) is 1. The zero-order valence-corrected chi connectivity index (χ0v) is 5.26. The molecule has 1 heteroatoms. The highest BCUT2D eigenvalue weighted by molar-refractivity contribution is 5.33. The highest BCUT2D eigenvalue weighted by Gasteiger charge is 2.00. The lowest BCUT2D eigenvalue weighted by molar-refractivity contribution is 0.273. The summed E-state index contributed by atoms with van der Waals surface area (Å²) in [6.07, 6.45) is 10.6. The molecule has 1 unspecified atom stereocenters. The first-order valence-electron chi connectivity index (χ1n) is 2.53. The van der Waals surface area contributed by atoms with Gasteiger partial charge in [0.15, 0.2) is 0 Å². The largest absolute Gasteiger partial charge is 0.375 e. The Morgan fingerprint density at radius 3 is 2.33 bits per heavy atom. The monoisotopic (exact) mass is 120 g/mol. The summed E-state index contributed by atoms with van der Waals surface area (Å²) in [7, 11) is 0. The highest BCUT2D eigenvalue weighted by Crippen LogP contribution is 1.97. The van der Waals surface area contributed by atoms with Crippen molar-refractivity contribution in [1.29, 1.82) is 0 Å². The quantitative estimate of drug-likeness (QED) is 0.501. The summed E-state index contributed by atoms with van der Waals surface area (Å²) >= 11 is 0. The smallest absolute Gasteiger partial charge is 0.147 e. The molecule has 0 aliphatic rings. The average Bonchev–Trinajstić information content (AvgIpc) is 1.90. The molecular weight excluding hydrogens is 112 g/mol. The molecule has 0 fully saturated rings. The molecule has 0 amide bonds. The zero-order chi connectivity index (χ0) is 7.28. The molecular formula is C8H8O. The van der Waals surface area contributed by atoms with Crippen LogP contribution in [0.1, 0.15) is 6.92 Å². The summed E-state index contributed by atoms with van der Waals surface area (Å²) in [5.41, 5.74) is 0.442. The van der Waals surface area contributed by atoms with Gasteiger partial charge in [-0.3, -0.25) is 0 Å². The third-order valence-corrected chi connectivity index (χ3v) is 0.930. The van der Waals surface area contributed by atoms with E-state index in [-0.39, 0.29) is 0 Å². The lowest BCUT2D eigenvalue weighted by Gasteiger charge is -1.98. The maximum absolute atomic E-state index is 8.87. The summed E-state index contributed by atoms with van der Waals surface area (Å²) in [6.45, 7) is 1.73. The Labute approximate surface area is 55.4 Å². The zero-order valence-electron chi connectivity index (χ0n) is 5.26. The molecule has 0 aromatic rings. The van der Waals surface area contributed by atoms with Gasteiger partial charge in [0.1, 0.15) is 6.10 Å². The van der Waals surface area contributed by atoms with Crippen LogP contribution in [0.5, 0.6) is 0 Å². The molecule has 0 heterocycles. The fourth-order valence-electron chi connectivity index (χ4n) is 0.410. The first-order chi connectivity index (χ1) is 4.26. The highest BCUT2D eigenvalue weighted by atomic mass is 16.3. The van der Waals surface area contributed by atoms with Gasteiger partial charge in [0.2, 0.25) is 0 Å². The maximum Gasteiger partial charge on any atom is 0.147 e. The van der Waals surface area contributed by atoms with E-state index in [1.54, 1.807) is 13.0 Å². The molecule has 0 saturated heterocycles. The van der Waals surface area contributed by atoms with Gasteiger partial charge in [-0.15, -0.1) is 12.8 Å². The summed E-state index contributed by atoms with van der Waals surface area (Å²) in [4.78, 5) is 0. The fraction of sp³-hybridized carbons (Fsp3) is 0.250. The average molecular weight is 120 g/mol. The van der Waals surface area contributed by atoms with E-state index in [0.29, 0.717) is 5.57 Å². The van der Waals surface area contributed by atoms with Crippen LogP contribution in [0.2, 0.25) is 0 Å². The molecule has 1 N–H and O–H groups in total. The minimum Gasteiger partial charge on any atom is -0.375 e. The molecule has 0 rings (SSSR count). The first kappa shape index (κ1) is 7.82. The Hall–Kier alpha value is -1.18. The maximum atomic E-state index is 8.87. The van der Waals surface area contributed by atoms with Crippen molar-refractivity contribution in [3.8, 4) is 24.7 Å². The van der Waals surface area contributed by atoms with E-state index in [1.807, 2.05) is 0 Å². The van der Waals surface area contributed by atoms with Crippen LogP contribution < -0.4 is 0 Å². The van der Waals surface area contributed by atoms with E-state index in [1.165, 1.54) is 0 Å². The molecule has 46 valence electrons. The van der Waals surface area contributed by atoms with Gasteiger partial charge in [0.05, 0.1) is 0 Å². The molecule has 1 atom stereocenters. The van der Waals surface area contributed by atoms with Crippen molar-refractivity contribution in [3.05, 3.63) is 11.6 Å². The van der Waals surface area contributed by atoms with Crippen LogP contribution >= 0.6 is 0 Å². The lowest BCUT2D eigenvalue weighted by atomic mass is 10.1. The molecule has 0 radical (unpaired) electrons. The van der Waals surface area contributed by atoms with E-state index in [0.717, 1.165) is 0 Å². The summed E-state index contributed by atoms with van der Waals surface area (Å²) in [6, 6.07) is 0. The number of aliphatic hydroxyl groups is 1. The van der Waals surface area contributed by atoms with E-state index >= 15 is 0 Å². The van der Waals surface area contributed by atoms with Crippen molar-refractivity contribution >= 4 is 0 Å². The summed E-state index contributed by atoms with van der Waals surface area (Å²) in [5.74, 6) is 4.38. The first-order valence-corrected chi connectivity index (χ1v) is 2.53. The van der Waals surface area contributed by atoms with Crippen molar-refractivity contribution in [2.24, 2.45) is 0 Å². The van der Waals surface area contributed by atoms with Gasteiger partial charge in [0.25, 0.3) is 0 Å². The fourth-order valence-corrected chi connectivity index (χ4v) is 0.410. The Kier molecular flexibility index (Phi) is 3.28. The second kappa shape index (κ2) is 3.78. The van der Waals surface area contributed by atoms with Crippen LogP contribution in [0, 0.1) is 24.7 Å². The molecule has 0 spiro atoms. The number of rotatable bonds is 1. The molecule has 0 bridgehead atoms. The van der Waals surface area contributed by atoms with Crippen molar-refractivity contribution in [1.82, 2.24) is 0 Å². The van der Waals surface area contributed by atoms with Crippen LogP contribution in [0.25, 0.3) is 0 Å².